The average Bonchev–Trinajstić information content (AvgIpc) is 2.37. The lowest BCUT2D eigenvalue weighted by molar-refractivity contribution is 0.0687. The van der Waals surface area contributed by atoms with Gasteiger partial charge in [-0.3, -0.25) is 4.79 Å². The molecule has 1 heterocycles. The highest BCUT2D eigenvalue weighted by Gasteiger charge is 2.28. The third-order valence-corrected chi connectivity index (χ3v) is 3.43. The Morgan fingerprint density at radius 2 is 2.15 bits per heavy atom. The molecule has 1 aromatic heterocycles. The molecule has 0 aromatic carbocycles. The van der Waals surface area contributed by atoms with Crippen molar-refractivity contribution in [3.05, 3.63) is 29.1 Å². The summed E-state index contributed by atoms with van der Waals surface area (Å²) in [4.78, 5) is 27.2. The molecule has 6 nitrogen and oxygen atoms in total. The Bertz CT molecular complexity index is 530. The van der Waals surface area contributed by atoms with Crippen LogP contribution in [0.4, 0.5) is 0 Å². The lowest BCUT2D eigenvalue weighted by Gasteiger charge is -2.30. The molecule has 1 atom stereocenters. The number of rotatable bonds is 5. The number of aromatic nitrogens is 1. The van der Waals surface area contributed by atoms with E-state index in [9.17, 15) is 9.59 Å². The average molecular weight is 300 g/mol. The van der Waals surface area contributed by atoms with E-state index in [1.54, 1.807) is 6.92 Å². The first-order valence-corrected chi connectivity index (χ1v) is 6.62. The normalized spacial score (nSPS) is 13.9. The van der Waals surface area contributed by atoms with Crippen molar-refractivity contribution in [2.45, 2.75) is 32.3 Å². The van der Waals surface area contributed by atoms with Crippen LogP contribution in [0.1, 0.15) is 47.2 Å². The third-order valence-electron chi connectivity index (χ3n) is 3.13. The summed E-state index contributed by atoms with van der Waals surface area (Å²) in [6.45, 7) is 5.36. The van der Waals surface area contributed by atoms with E-state index < -0.39 is 17.5 Å². The van der Waals surface area contributed by atoms with Crippen LogP contribution in [-0.2, 0) is 5.88 Å². The van der Waals surface area contributed by atoms with E-state index in [4.69, 9.17) is 22.4 Å². The maximum absolute atomic E-state index is 12.1. The molecular weight excluding hydrogens is 282 g/mol. The van der Waals surface area contributed by atoms with Crippen molar-refractivity contribution >= 4 is 23.5 Å². The molecule has 0 saturated heterocycles. The van der Waals surface area contributed by atoms with Crippen LogP contribution < -0.4 is 11.1 Å². The number of aromatic carboxylic acids is 1. The van der Waals surface area contributed by atoms with Crippen LogP contribution in [-0.4, -0.2) is 27.6 Å². The van der Waals surface area contributed by atoms with E-state index in [1.165, 1.54) is 12.3 Å². The molecule has 0 fully saturated rings. The number of carboxylic acids is 1. The largest absolute Gasteiger partial charge is 0.478 e. The van der Waals surface area contributed by atoms with Crippen LogP contribution in [0.3, 0.4) is 0 Å². The minimum absolute atomic E-state index is 0.0261. The van der Waals surface area contributed by atoms with E-state index >= 15 is 0 Å². The predicted molar refractivity (Wildman–Crippen MR) is 75.6 cm³/mol. The molecular formula is C13H18ClN3O3. The first-order chi connectivity index (χ1) is 9.19. The summed E-state index contributed by atoms with van der Waals surface area (Å²) in [7, 11) is 0. The molecule has 7 heteroatoms. The summed E-state index contributed by atoms with van der Waals surface area (Å²) in [6, 6.07) is 1.33. The van der Waals surface area contributed by atoms with Crippen LogP contribution >= 0.6 is 11.6 Å². The minimum Gasteiger partial charge on any atom is -0.478 e. The highest BCUT2D eigenvalue weighted by molar-refractivity contribution is 6.17. The molecule has 0 aliphatic rings. The van der Waals surface area contributed by atoms with Gasteiger partial charge in [-0.15, -0.1) is 11.6 Å². The van der Waals surface area contributed by atoms with E-state index in [0.29, 0.717) is 5.56 Å². The van der Waals surface area contributed by atoms with Crippen molar-refractivity contribution in [3.8, 4) is 0 Å². The van der Waals surface area contributed by atoms with Gasteiger partial charge in [0.1, 0.15) is 5.69 Å². The first kappa shape index (κ1) is 16.4. The Labute approximate surface area is 122 Å². The molecule has 0 aliphatic carbocycles. The molecule has 0 bridgehead atoms. The monoisotopic (exact) mass is 299 g/mol. The molecule has 110 valence electrons. The lowest BCUT2D eigenvalue weighted by Crippen LogP contribution is -2.57. The van der Waals surface area contributed by atoms with Gasteiger partial charge in [0.25, 0.3) is 5.91 Å². The maximum atomic E-state index is 12.1. The van der Waals surface area contributed by atoms with Crippen molar-refractivity contribution in [1.82, 2.24) is 10.3 Å². The summed E-state index contributed by atoms with van der Waals surface area (Å²) >= 11 is 5.63. The maximum Gasteiger partial charge on any atom is 0.338 e. The Morgan fingerprint density at radius 3 is 2.60 bits per heavy atom. The topological polar surface area (TPSA) is 105 Å². The van der Waals surface area contributed by atoms with Crippen molar-refractivity contribution in [1.29, 1.82) is 0 Å². The number of nitrogens with two attached hydrogens (primary N) is 1. The molecule has 1 rings (SSSR count). The quantitative estimate of drug-likeness (QED) is 0.565. The number of alkyl halides is 1. The van der Waals surface area contributed by atoms with Gasteiger partial charge in [0, 0.05) is 12.1 Å². The fourth-order valence-corrected chi connectivity index (χ4v) is 1.52. The van der Waals surface area contributed by atoms with E-state index in [1.807, 2.05) is 13.8 Å². The first-order valence-electron chi connectivity index (χ1n) is 6.08. The number of hydrogen-bond donors (Lipinski definition) is 3. The van der Waals surface area contributed by atoms with Gasteiger partial charge in [-0.25, -0.2) is 9.78 Å². The summed E-state index contributed by atoms with van der Waals surface area (Å²) in [5, 5.41) is 11.7. The molecule has 1 aromatic rings. The zero-order chi connectivity index (χ0) is 15.5. The van der Waals surface area contributed by atoms with Crippen LogP contribution in [0, 0.1) is 5.92 Å². The Morgan fingerprint density at radius 1 is 1.55 bits per heavy atom. The number of halogens is 1. The molecule has 1 amide bonds. The fourth-order valence-electron chi connectivity index (χ4n) is 1.37. The Balaban J connectivity index is 3.13. The van der Waals surface area contributed by atoms with Gasteiger partial charge < -0.3 is 16.2 Å². The molecule has 1 unspecified atom stereocenters. The number of nitrogens with one attached hydrogen (secondary N) is 1. The molecule has 4 N–H and O–H groups in total. The zero-order valence-electron chi connectivity index (χ0n) is 11.6. The lowest BCUT2D eigenvalue weighted by atomic mass is 9.98. The van der Waals surface area contributed by atoms with Gasteiger partial charge in [-0.05, 0) is 24.5 Å². The number of pyridine rings is 1. The summed E-state index contributed by atoms with van der Waals surface area (Å²) in [5.74, 6) is -1.77. The van der Waals surface area contributed by atoms with Gasteiger partial charge in [-0.1, -0.05) is 13.8 Å². The summed E-state index contributed by atoms with van der Waals surface area (Å²) in [5.41, 5.74) is 5.15. The number of carbonyl (C=O) groups excluding carboxylic acids is 1. The zero-order valence-corrected chi connectivity index (χ0v) is 12.4. The summed E-state index contributed by atoms with van der Waals surface area (Å²) < 4.78 is 0. The van der Waals surface area contributed by atoms with Crippen molar-refractivity contribution in [2.75, 3.05) is 0 Å². The molecule has 20 heavy (non-hydrogen) atoms. The van der Waals surface area contributed by atoms with Crippen LogP contribution in [0.5, 0.6) is 0 Å². The smallest absolute Gasteiger partial charge is 0.338 e. The second-order valence-electron chi connectivity index (χ2n) is 5.07. The van der Waals surface area contributed by atoms with Crippen molar-refractivity contribution in [2.24, 2.45) is 11.7 Å². The predicted octanol–water partition coefficient (Wildman–Crippen LogP) is 1.58. The van der Waals surface area contributed by atoms with Gasteiger partial charge in [-0.2, -0.15) is 0 Å². The second-order valence-corrected chi connectivity index (χ2v) is 5.34. The van der Waals surface area contributed by atoms with Gasteiger partial charge in [0.15, 0.2) is 0 Å². The SMILES string of the molecule is CC(C)C(C)(N)NC(=O)c1ncc(CCl)cc1C(=O)O. The fraction of sp³-hybridized carbons (Fsp3) is 0.462. The van der Waals surface area contributed by atoms with E-state index in [-0.39, 0.29) is 23.1 Å². The number of nitrogens with zero attached hydrogens (tertiary/aromatic N) is 1. The van der Waals surface area contributed by atoms with Crippen LogP contribution in [0.15, 0.2) is 12.3 Å². The Kier molecular flexibility index (Phi) is 5.08. The Hall–Kier alpha value is -1.66. The minimum atomic E-state index is -1.24. The summed E-state index contributed by atoms with van der Waals surface area (Å²) in [6.07, 6.45) is 1.37. The van der Waals surface area contributed by atoms with Crippen molar-refractivity contribution in [3.63, 3.8) is 0 Å². The molecule has 0 saturated carbocycles. The van der Waals surface area contributed by atoms with E-state index in [2.05, 4.69) is 10.3 Å². The standard InChI is InChI=1S/C13H18ClN3O3/c1-7(2)13(3,15)17-11(18)10-9(12(19)20)4-8(5-14)6-16-10/h4,6-7H,5,15H2,1-3H3,(H,17,18)(H,19,20). The molecule has 0 radical (unpaired) electrons. The second kappa shape index (κ2) is 6.19. The number of carboxylic acid groups (broad SMARTS) is 1. The van der Waals surface area contributed by atoms with Crippen LogP contribution in [0.25, 0.3) is 0 Å². The number of hydrogen-bond acceptors (Lipinski definition) is 4. The number of carbonyl (C=O) groups is 2. The van der Waals surface area contributed by atoms with Gasteiger partial charge in [0.2, 0.25) is 0 Å². The highest BCUT2D eigenvalue weighted by Crippen LogP contribution is 2.14. The van der Waals surface area contributed by atoms with Crippen LogP contribution in [0.2, 0.25) is 0 Å². The van der Waals surface area contributed by atoms with Crippen molar-refractivity contribution < 1.29 is 14.7 Å². The molecule has 0 spiro atoms. The van der Waals surface area contributed by atoms with Gasteiger partial charge in [0.05, 0.1) is 11.2 Å². The van der Waals surface area contributed by atoms with E-state index in [0.717, 1.165) is 0 Å². The van der Waals surface area contributed by atoms with Gasteiger partial charge >= 0.3 is 5.97 Å². The highest BCUT2D eigenvalue weighted by atomic mass is 35.5. The third kappa shape index (κ3) is 3.68. The number of amides is 1. The molecule has 0 aliphatic heterocycles.